The van der Waals surface area contributed by atoms with Crippen LogP contribution < -0.4 is 15.1 Å². The van der Waals surface area contributed by atoms with Gasteiger partial charge in [0.1, 0.15) is 26.2 Å². The molecule has 2 aliphatic heterocycles. The zero-order chi connectivity index (χ0) is 20.9. The summed E-state index contributed by atoms with van der Waals surface area (Å²) in [5, 5.41) is 3.47. The summed E-state index contributed by atoms with van der Waals surface area (Å²) in [5.74, 6) is 1.92. The number of fused-ring (bicyclic) bond motifs is 1. The van der Waals surface area contributed by atoms with Crippen LogP contribution in [0, 0.1) is 11.8 Å². The van der Waals surface area contributed by atoms with Crippen molar-refractivity contribution in [3.8, 4) is 0 Å². The van der Waals surface area contributed by atoms with Crippen LogP contribution in [-0.2, 0) is 9.59 Å². The molecule has 0 unspecified atom stereocenters. The van der Waals surface area contributed by atoms with Crippen LogP contribution >= 0.6 is 11.6 Å². The highest BCUT2D eigenvalue weighted by Crippen LogP contribution is 2.35. The van der Waals surface area contributed by atoms with Crippen LogP contribution in [0.4, 0.5) is 5.69 Å². The number of halogens is 1. The van der Waals surface area contributed by atoms with Gasteiger partial charge in [-0.1, -0.05) is 43.0 Å². The summed E-state index contributed by atoms with van der Waals surface area (Å²) in [7, 11) is 0. The Morgan fingerprint density at radius 2 is 1.63 bits per heavy atom. The molecule has 2 amide bonds. The smallest absolute Gasteiger partial charge is 0.279 e. The predicted molar refractivity (Wildman–Crippen MR) is 118 cm³/mol. The van der Waals surface area contributed by atoms with Crippen molar-refractivity contribution in [1.29, 1.82) is 0 Å². The third kappa shape index (κ3) is 5.54. The fraction of sp³-hybridized carbons (Fsp3) is 0.652. The molecule has 2 heterocycles. The Balaban J connectivity index is 1.18. The van der Waals surface area contributed by atoms with E-state index in [9.17, 15) is 9.59 Å². The van der Waals surface area contributed by atoms with Gasteiger partial charge in [-0.3, -0.25) is 9.59 Å². The second-order valence-electron chi connectivity index (χ2n) is 9.31. The van der Waals surface area contributed by atoms with Gasteiger partial charge in [-0.15, -0.1) is 0 Å². The van der Waals surface area contributed by atoms with Gasteiger partial charge in [0.2, 0.25) is 0 Å². The fourth-order valence-electron chi connectivity index (χ4n) is 5.45. The Morgan fingerprint density at radius 3 is 2.37 bits per heavy atom. The van der Waals surface area contributed by atoms with Crippen LogP contribution in [0.1, 0.15) is 32.1 Å². The lowest BCUT2D eigenvalue weighted by Gasteiger charge is -2.41. The number of nitrogens with one attached hydrogen (secondary N) is 3. The van der Waals surface area contributed by atoms with E-state index in [4.69, 9.17) is 11.6 Å². The number of quaternary nitrogens is 2. The number of amides is 2. The number of anilines is 1. The first kappa shape index (κ1) is 21.6. The molecule has 3 N–H and O–H groups in total. The minimum absolute atomic E-state index is 0.00650. The lowest BCUT2D eigenvalue weighted by atomic mass is 9.75. The molecule has 0 radical (unpaired) electrons. The van der Waals surface area contributed by atoms with Crippen molar-refractivity contribution in [2.24, 2.45) is 11.8 Å². The zero-order valence-electron chi connectivity index (χ0n) is 17.8. The van der Waals surface area contributed by atoms with Gasteiger partial charge >= 0.3 is 0 Å². The van der Waals surface area contributed by atoms with Crippen LogP contribution in [0.2, 0.25) is 5.02 Å². The fourth-order valence-corrected chi connectivity index (χ4v) is 5.63. The summed E-state index contributed by atoms with van der Waals surface area (Å²) in [4.78, 5) is 30.0. The normalized spacial score (nSPS) is 29.2. The second-order valence-corrected chi connectivity index (χ2v) is 9.72. The molecule has 2 atom stereocenters. The Labute approximate surface area is 184 Å². The maximum Gasteiger partial charge on any atom is 0.279 e. The molecular formula is C23H35ClN4O2+2. The van der Waals surface area contributed by atoms with Gasteiger partial charge in [-0.25, -0.2) is 0 Å². The zero-order valence-corrected chi connectivity index (χ0v) is 18.6. The number of para-hydroxylation sites is 1. The first-order valence-corrected chi connectivity index (χ1v) is 12.0. The van der Waals surface area contributed by atoms with E-state index in [1.807, 2.05) is 18.2 Å². The highest BCUT2D eigenvalue weighted by Gasteiger charge is 2.34. The molecule has 6 nitrogen and oxygen atoms in total. The molecule has 7 heteroatoms. The summed E-state index contributed by atoms with van der Waals surface area (Å²) >= 11 is 6.12. The van der Waals surface area contributed by atoms with Crippen molar-refractivity contribution in [1.82, 2.24) is 4.90 Å². The van der Waals surface area contributed by atoms with Crippen molar-refractivity contribution in [2.45, 2.75) is 32.1 Å². The predicted octanol–water partition coefficient (Wildman–Crippen LogP) is 0.101. The molecular weight excluding hydrogens is 400 g/mol. The molecule has 164 valence electrons. The number of hydrogen-bond donors (Lipinski definition) is 3. The van der Waals surface area contributed by atoms with E-state index in [-0.39, 0.29) is 5.91 Å². The van der Waals surface area contributed by atoms with E-state index in [1.54, 1.807) is 6.07 Å². The van der Waals surface area contributed by atoms with Crippen LogP contribution in [-0.4, -0.2) is 69.1 Å². The maximum atomic E-state index is 12.9. The van der Waals surface area contributed by atoms with E-state index >= 15 is 0 Å². The second kappa shape index (κ2) is 10.1. The Morgan fingerprint density at radius 1 is 0.967 bits per heavy atom. The van der Waals surface area contributed by atoms with Crippen LogP contribution in [0.25, 0.3) is 0 Å². The summed E-state index contributed by atoms with van der Waals surface area (Å²) in [6.07, 6.45) is 6.59. The molecule has 1 aromatic rings. The Kier molecular flexibility index (Phi) is 7.28. The van der Waals surface area contributed by atoms with Crippen molar-refractivity contribution in [2.75, 3.05) is 57.7 Å². The molecule has 4 rings (SSSR count). The summed E-state index contributed by atoms with van der Waals surface area (Å²) in [5.41, 5.74) is 0.667. The summed E-state index contributed by atoms with van der Waals surface area (Å²) < 4.78 is 0. The number of likely N-dealkylation sites (tertiary alicyclic amines) is 1. The average Bonchev–Trinajstić information content (AvgIpc) is 2.76. The topological polar surface area (TPSA) is 58.3 Å². The Bertz CT molecular complexity index is 750. The monoisotopic (exact) mass is 434 g/mol. The van der Waals surface area contributed by atoms with E-state index in [0.717, 1.165) is 51.1 Å². The van der Waals surface area contributed by atoms with E-state index in [2.05, 4.69) is 10.2 Å². The highest BCUT2D eigenvalue weighted by atomic mass is 35.5. The van der Waals surface area contributed by atoms with E-state index in [1.165, 1.54) is 41.9 Å². The lowest BCUT2D eigenvalue weighted by molar-refractivity contribution is -1.00. The van der Waals surface area contributed by atoms with Gasteiger partial charge in [0.15, 0.2) is 13.1 Å². The first-order chi connectivity index (χ1) is 14.6. The number of hydrogen-bond acceptors (Lipinski definition) is 2. The molecule has 3 aliphatic rings. The van der Waals surface area contributed by atoms with Crippen molar-refractivity contribution in [3.63, 3.8) is 0 Å². The first-order valence-electron chi connectivity index (χ1n) is 11.6. The molecule has 0 bridgehead atoms. The molecule has 1 aromatic carbocycles. The number of carbonyl (C=O) groups excluding carboxylic acids is 2. The number of piperidine rings is 1. The van der Waals surface area contributed by atoms with Gasteiger partial charge in [0, 0.05) is 13.1 Å². The number of piperazine rings is 1. The quantitative estimate of drug-likeness (QED) is 0.615. The van der Waals surface area contributed by atoms with Gasteiger partial charge in [-0.05, 0) is 36.8 Å². The summed E-state index contributed by atoms with van der Waals surface area (Å²) in [6, 6.07) is 7.31. The third-order valence-corrected chi connectivity index (χ3v) is 7.60. The molecule has 2 saturated heterocycles. The molecule has 0 spiro atoms. The number of benzene rings is 1. The van der Waals surface area contributed by atoms with Crippen molar-refractivity contribution >= 4 is 29.1 Å². The minimum Gasteiger partial charge on any atom is -0.338 e. The lowest BCUT2D eigenvalue weighted by Crippen LogP contribution is -3.28. The van der Waals surface area contributed by atoms with Crippen LogP contribution in [0.15, 0.2) is 24.3 Å². The van der Waals surface area contributed by atoms with E-state index < -0.39 is 0 Å². The minimum atomic E-state index is -0.00650. The largest absolute Gasteiger partial charge is 0.338 e. The molecule has 0 aromatic heterocycles. The molecule has 1 aliphatic carbocycles. The number of rotatable bonds is 5. The Hall–Kier alpha value is -1.63. The number of carbonyl (C=O) groups is 2. The summed E-state index contributed by atoms with van der Waals surface area (Å²) in [6.45, 7) is 6.72. The van der Waals surface area contributed by atoms with Crippen LogP contribution in [0.3, 0.4) is 0 Å². The molecule has 1 saturated carbocycles. The maximum absolute atomic E-state index is 12.9. The highest BCUT2D eigenvalue weighted by molar-refractivity contribution is 6.33. The van der Waals surface area contributed by atoms with E-state index in [0.29, 0.717) is 29.7 Å². The van der Waals surface area contributed by atoms with Gasteiger partial charge < -0.3 is 20.0 Å². The van der Waals surface area contributed by atoms with Gasteiger partial charge in [0.25, 0.3) is 11.8 Å². The number of nitrogens with zero attached hydrogens (tertiary/aromatic N) is 1. The SMILES string of the molecule is O=C(C[NH+]1CC[NH+](CC(=O)N2CC[C@@H]3CCCC[C@H]3C2)CC1)Nc1ccccc1Cl. The molecule has 30 heavy (non-hydrogen) atoms. The van der Waals surface area contributed by atoms with Crippen LogP contribution in [0.5, 0.6) is 0 Å². The van der Waals surface area contributed by atoms with Gasteiger partial charge in [0.05, 0.1) is 10.7 Å². The molecule has 3 fully saturated rings. The average molecular weight is 435 g/mol. The van der Waals surface area contributed by atoms with Gasteiger partial charge in [-0.2, -0.15) is 0 Å². The van der Waals surface area contributed by atoms with Crippen molar-refractivity contribution < 1.29 is 19.4 Å². The third-order valence-electron chi connectivity index (χ3n) is 7.27. The standard InChI is InChI=1S/C23H33ClN4O2/c24-20-7-3-4-8-21(20)25-22(29)16-26-11-13-27(14-12-26)17-23(30)28-10-9-18-5-1-2-6-19(18)15-28/h3-4,7-8,18-19H,1-2,5-6,9-17H2,(H,25,29)/p+2/t18-,19-/m0/s1. The van der Waals surface area contributed by atoms with Crippen molar-refractivity contribution in [3.05, 3.63) is 29.3 Å².